The van der Waals surface area contributed by atoms with E-state index < -0.39 is 15.6 Å². The van der Waals surface area contributed by atoms with Gasteiger partial charge in [-0.3, -0.25) is 4.90 Å². The summed E-state index contributed by atoms with van der Waals surface area (Å²) in [5.41, 5.74) is 5.94. The second kappa shape index (κ2) is 6.12. The number of nitrogens with two attached hydrogens (primary N) is 1. The van der Waals surface area contributed by atoms with E-state index in [1.165, 1.54) is 10.6 Å². The van der Waals surface area contributed by atoms with Gasteiger partial charge in [-0.1, -0.05) is 30.3 Å². The van der Waals surface area contributed by atoms with Gasteiger partial charge in [0, 0.05) is 32.7 Å². The molecule has 0 aromatic heterocycles. The lowest BCUT2D eigenvalue weighted by molar-refractivity contribution is 0.167. The SMILES string of the molecule is CS(=O)(=O)N1CCN(CC(N)(C#N)c2ccccc2)CC1. The zero-order valence-electron chi connectivity index (χ0n) is 12.1. The van der Waals surface area contributed by atoms with Crippen LogP contribution in [-0.2, 0) is 15.6 Å². The van der Waals surface area contributed by atoms with Crippen LogP contribution in [0.25, 0.3) is 0 Å². The first kappa shape index (κ1) is 15.9. The Morgan fingerprint density at radius 2 is 1.81 bits per heavy atom. The maximum Gasteiger partial charge on any atom is 0.211 e. The average Bonchev–Trinajstić information content (AvgIpc) is 2.47. The summed E-state index contributed by atoms with van der Waals surface area (Å²) in [6.07, 6.45) is 1.22. The second-order valence-electron chi connectivity index (χ2n) is 5.39. The van der Waals surface area contributed by atoms with Crippen molar-refractivity contribution in [1.29, 1.82) is 5.26 Å². The first-order valence-corrected chi connectivity index (χ1v) is 8.63. The van der Waals surface area contributed by atoms with E-state index in [2.05, 4.69) is 6.07 Å². The second-order valence-corrected chi connectivity index (χ2v) is 7.37. The summed E-state index contributed by atoms with van der Waals surface area (Å²) in [4.78, 5) is 2.04. The van der Waals surface area contributed by atoms with E-state index in [0.29, 0.717) is 32.7 Å². The van der Waals surface area contributed by atoms with Crippen molar-refractivity contribution in [3.05, 3.63) is 35.9 Å². The maximum atomic E-state index is 11.5. The summed E-state index contributed by atoms with van der Waals surface area (Å²) in [7, 11) is -3.14. The molecule has 1 fully saturated rings. The Bertz CT molecular complexity index is 618. The largest absolute Gasteiger partial charge is 0.309 e. The highest BCUT2D eigenvalue weighted by Crippen LogP contribution is 2.20. The zero-order chi connectivity index (χ0) is 15.5. The fourth-order valence-electron chi connectivity index (χ4n) is 2.50. The molecule has 0 amide bonds. The van der Waals surface area contributed by atoms with E-state index in [1.807, 2.05) is 35.2 Å². The molecule has 0 radical (unpaired) electrons. The fraction of sp³-hybridized carbons (Fsp3) is 0.500. The van der Waals surface area contributed by atoms with Crippen LogP contribution >= 0.6 is 0 Å². The van der Waals surface area contributed by atoms with Crippen molar-refractivity contribution in [2.24, 2.45) is 5.73 Å². The molecule has 7 heteroatoms. The number of piperazine rings is 1. The molecular weight excluding hydrogens is 288 g/mol. The van der Waals surface area contributed by atoms with Gasteiger partial charge in [-0.2, -0.15) is 9.57 Å². The number of hydrogen-bond donors (Lipinski definition) is 1. The Kier molecular flexibility index (Phi) is 4.64. The fourth-order valence-corrected chi connectivity index (χ4v) is 3.33. The van der Waals surface area contributed by atoms with E-state index in [0.717, 1.165) is 5.56 Å². The summed E-state index contributed by atoms with van der Waals surface area (Å²) < 4.78 is 24.4. The predicted octanol–water partition coefficient (Wildman–Crippen LogP) is -0.0586. The minimum atomic E-state index is -3.14. The Hall–Kier alpha value is -1.46. The van der Waals surface area contributed by atoms with Gasteiger partial charge in [0.25, 0.3) is 0 Å². The Morgan fingerprint density at radius 3 is 2.29 bits per heavy atom. The van der Waals surface area contributed by atoms with E-state index in [1.54, 1.807) is 0 Å². The van der Waals surface area contributed by atoms with Gasteiger partial charge >= 0.3 is 0 Å². The molecule has 1 unspecified atom stereocenters. The lowest BCUT2D eigenvalue weighted by atomic mass is 9.92. The Morgan fingerprint density at radius 1 is 1.24 bits per heavy atom. The monoisotopic (exact) mass is 308 g/mol. The zero-order valence-corrected chi connectivity index (χ0v) is 12.9. The molecule has 2 rings (SSSR count). The molecule has 1 saturated heterocycles. The minimum absolute atomic E-state index is 0.394. The third-order valence-corrected chi connectivity index (χ3v) is 5.06. The molecule has 0 saturated carbocycles. The third kappa shape index (κ3) is 3.80. The molecule has 0 spiro atoms. The van der Waals surface area contributed by atoms with Gasteiger partial charge in [-0.25, -0.2) is 8.42 Å². The third-order valence-electron chi connectivity index (χ3n) is 3.76. The highest BCUT2D eigenvalue weighted by Gasteiger charge is 2.32. The predicted molar refractivity (Wildman–Crippen MR) is 80.8 cm³/mol. The molecule has 1 aliphatic heterocycles. The van der Waals surface area contributed by atoms with Crippen molar-refractivity contribution >= 4 is 10.0 Å². The lowest BCUT2D eigenvalue weighted by Gasteiger charge is -2.36. The molecule has 1 atom stereocenters. The van der Waals surface area contributed by atoms with Crippen molar-refractivity contribution in [2.45, 2.75) is 5.54 Å². The van der Waals surface area contributed by atoms with Crippen LogP contribution in [0, 0.1) is 11.3 Å². The standard InChI is InChI=1S/C14H20N4O2S/c1-21(19,20)18-9-7-17(8-10-18)12-14(16,11-15)13-5-3-2-4-6-13/h2-6H,7-10,12,16H2,1H3. The van der Waals surface area contributed by atoms with Crippen molar-refractivity contribution in [1.82, 2.24) is 9.21 Å². The highest BCUT2D eigenvalue weighted by atomic mass is 32.2. The molecule has 2 N–H and O–H groups in total. The van der Waals surface area contributed by atoms with Gasteiger partial charge < -0.3 is 5.73 Å². The van der Waals surface area contributed by atoms with Crippen LogP contribution in [0.1, 0.15) is 5.56 Å². The van der Waals surface area contributed by atoms with Crippen molar-refractivity contribution in [2.75, 3.05) is 39.0 Å². The first-order chi connectivity index (χ1) is 9.85. The first-order valence-electron chi connectivity index (χ1n) is 6.78. The molecule has 1 aliphatic rings. The summed E-state index contributed by atoms with van der Waals surface area (Å²) in [6, 6.07) is 11.5. The lowest BCUT2D eigenvalue weighted by Crippen LogP contribution is -2.54. The van der Waals surface area contributed by atoms with E-state index in [-0.39, 0.29) is 0 Å². The highest BCUT2D eigenvalue weighted by molar-refractivity contribution is 7.88. The van der Waals surface area contributed by atoms with Gasteiger partial charge in [0.05, 0.1) is 12.3 Å². The molecule has 21 heavy (non-hydrogen) atoms. The molecule has 114 valence electrons. The normalized spacial score (nSPS) is 20.6. The molecular formula is C14H20N4O2S. The molecule has 0 bridgehead atoms. The summed E-state index contributed by atoms with van der Waals surface area (Å²) in [6.45, 7) is 2.44. The average molecular weight is 308 g/mol. The van der Waals surface area contributed by atoms with E-state index in [9.17, 15) is 13.7 Å². The maximum absolute atomic E-state index is 11.5. The molecule has 0 aliphatic carbocycles. The molecule has 1 heterocycles. The van der Waals surface area contributed by atoms with Crippen molar-refractivity contribution in [3.63, 3.8) is 0 Å². The van der Waals surface area contributed by atoms with Crippen LogP contribution in [0.2, 0.25) is 0 Å². The van der Waals surface area contributed by atoms with Gasteiger partial charge in [0.1, 0.15) is 5.54 Å². The van der Waals surface area contributed by atoms with E-state index in [4.69, 9.17) is 5.73 Å². The molecule has 1 aromatic rings. The van der Waals surface area contributed by atoms with Crippen LogP contribution in [0.4, 0.5) is 0 Å². The summed E-state index contributed by atoms with van der Waals surface area (Å²) in [5.74, 6) is 0. The van der Waals surface area contributed by atoms with Crippen molar-refractivity contribution in [3.8, 4) is 6.07 Å². The molecule has 1 aromatic carbocycles. The number of rotatable bonds is 4. The van der Waals surface area contributed by atoms with Crippen molar-refractivity contribution < 1.29 is 8.42 Å². The molecule has 6 nitrogen and oxygen atoms in total. The number of hydrogen-bond acceptors (Lipinski definition) is 5. The number of nitrogens with zero attached hydrogens (tertiary/aromatic N) is 3. The quantitative estimate of drug-likeness (QED) is 0.841. The van der Waals surface area contributed by atoms with Crippen LogP contribution in [0.3, 0.4) is 0 Å². The number of nitriles is 1. The Labute approximate surface area is 125 Å². The Balaban J connectivity index is 2.04. The summed E-state index contributed by atoms with van der Waals surface area (Å²) >= 11 is 0. The summed E-state index contributed by atoms with van der Waals surface area (Å²) in [5, 5.41) is 9.44. The van der Waals surface area contributed by atoms with Crippen LogP contribution in [0.5, 0.6) is 0 Å². The van der Waals surface area contributed by atoms with Gasteiger partial charge in [0.2, 0.25) is 10.0 Å². The number of sulfonamides is 1. The topological polar surface area (TPSA) is 90.4 Å². The van der Waals surface area contributed by atoms with Gasteiger partial charge in [-0.05, 0) is 5.56 Å². The van der Waals surface area contributed by atoms with E-state index >= 15 is 0 Å². The van der Waals surface area contributed by atoms with Gasteiger partial charge in [0.15, 0.2) is 0 Å². The smallest absolute Gasteiger partial charge is 0.211 e. The number of benzene rings is 1. The van der Waals surface area contributed by atoms with Crippen LogP contribution in [-0.4, -0.2) is 56.6 Å². The van der Waals surface area contributed by atoms with Crippen LogP contribution < -0.4 is 5.73 Å². The minimum Gasteiger partial charge on any atom is -0.309 e. The van der Waals surface area contributed by atoms with Crippen LogP contribution in [0.15, 0.2) is 30.3 Å². The van der Waals surface area contributed by atoms with Gasteiger partial charge in [-0.15, -0.1) is 0 Å².